The summed E-state index contributed by atoms with van der Waals surface area (Å²) in [6.07, 6.45) is -0.183. The molecule has 0 aromatic heterocycles. The van der Waals surface area contributed by atoms with Crippen LogP contribution in [0.2, 0.25) is 0 Å². The first-order chi connectivity index (χ1) is 17.9. The molecule has 2 rings (SSSR count). The van der Waals surface area contributed by atoms with Crippen LogP contribution in [0.15, 0.2) is 30.3 Å². The van der Waals surface area contributed by atoms with Crippen LogP contribution in [0.3, 0.4) is 0 Å². The van der Waals surface area contributed by atoms with Crippen molar-refractivity contribution in [2.45, 2.75) is 137 Å². The maximum atomic E-state index is 12.2. The molecule has 1 unspecified atom stereocenters. The standard InChI is InChI=1S/C36H62NO3P/c1-32(2,3)24-18-19-30(26(20-24)34(7,8)9)41(38,39,40)23-29(37(16)17)31-27(35(10,11)12)21-25(33(4,5)6)22-28(31)36(13,14)15/h18-22,29,38-40H,23H2,1-17H3. The predicted molar refractivity (Wildman–Crippen MR) is 181 cm³/mol. The van der Waals surface area contributed by atoms with Gasteiger partial charge in [-0.25, -0.2) is 0 Å². The maximum absolute atomic E-state index is 12.2. The Balaban J connectivity index is 2.99. The van der Waals surface area contributed by atoms with Crippen LogP contribution in [0.1, 0.15) is 143 Å². The molecule has 0 bridgehead atoms. The van der Waals surface area contributed by atoms with Crippen molar-refractivity contribution < 1.29 is 14.7 Å². The first kappa shape index (κ1) is 35.9. The number of nitrogens with zero attached hydrogens (tertiary/aromatic N) is 1. The number of rotatable bonds is 5. The van der Waals surface area contributed by atoms with Crippen molar-refractivity contribution in [2.24, 2.45) is 0 Å². The van der Waals surface area contributed by atoms with Crippen molar-refractivity contribution in [1.82, 2.24) is 4.90 Å². The summed E-state index contributed by atoms with van der Waals surface area (Å²) in [4.78, 5) is 38.5. The molecule has 4 nitrogen and oxygen atoms in total. The molecule has 2 aromatic rings. The minimum absolute atomic E-state index is 0.0489. The number of hydrogen-bond acceptors (Lipinski definition) is 4. The zero-order valence-electron chi connectivity index (χ0n) is 29.4. The molecule has 0 fully saturated rings. The second-order valence-corrected chi connectivity index (χ2v) is 20.9. The van der Waals surface area contributed by atoms with Gasteiger partial charge in [0.05, 0.1) is 0 Å². The van der Waals surface area contributed by atoms with Gasteiger partial charge in [-0.1, -0.05) is 0 Å². The number of benzene rings is 2. The minimum atomic E-state index is -5.39. The van der Waals surface area contributed by atoms with E-state index in [9.17, 15) is 14.7 Å². The third kappa shape index (κ3) is 8.21. The summed E-state index contributed by atoms with van der Waals surface area (Å²) in [5.41, 5.74) is 5.62. The van der Waals surface area contributed by atoms with E-state index in [-0.39, 0.29) is 33.1 Å². The van der Waals surface area contributed by atoms with E-state index in [0.29, 0.717) is 0 Å². The van der Waals surface area contributed by atoms with Gasteiger partial charge >= 0.3 is 253 Å². The van der Waals surface area contributed by atoms with E-state index in [4.69, 9.17) is 0 Å². The van der Waals surface area contributed by atoms with E-state index in [1.54, 1.807) is 6.07 Å². The van der Waals surface area contributed by atoms with Gasteiger partial charge in [0.1, 0.15) is 0 Å². The molecule has 0 saturated heterocycles. The molecule has 3 N–H and O–H groups in total. The molecule has 234 valence electrons. The van der Waals surface area contributed by atoms with Gasteiger partial charge in [-0.3, -0.25) is 0 Å². The van der Waals surface area contributed by atoms with E-state index in [1.807, 2.05) is 25.1 Å². The quantitative estimate of drug-likeness (QED) is 0.308. The van der Waals surface area contributed by atoms with E-state index >= 15 is 0 Å². The van der Waals surface area contributed by atoms with Gasteiger partial charge in [-0.05, 0) is 0 Å². The molecule has 2 aromatic carbocycles. The Morgan fingerprint density at radius 2 is 0.927 bits per heavy atom. The summed E-state index contributed by atoms with van der Waals surface area (Å²) in [5, 5.41) is 0.268. The summed E-state index contributed by atoms with van der Waals surface area (Å²) < 4.78 is 0. The second kappa shape index (κ2) is 10.7. The zero-order chi connectivity index (χ0) is 32.4. The van der Waals surface area contributed by atoms with Crippen molar-refractivity contribution in [2.75, 3.05) is 20.3 Å². The molecule has 0 spiro atoms. The van der Waals surface area contributed by atoms with E-state index in [0.717, 1.165) is 16.7 Å². The van der Waals surface area contributed by atoms with Crippen LogP contribution in [0, 0.1) is 0 Å². The van der Waals surface area contributed by atoms with Crippen molar-refractivity contribution >= 4 is 12.6 Å². The molecule has 41 heavy (non-hydrogen) atoms. The second-order valence-electron chi connectivity index (χ2n) is 17.8. The first-order valence-electron chi connectivity index (χ1n) is 15.1. The van der Waals surface area contributed by atoms with Crippen LogP contribution in [-0.2, 0) is 27.1 Å². The van der Waals surface area contributed by atoms with Crippen molar-refractivity contribution in [3.8, 4) is 0 Å². The average molecular weight is 588 g/mol. The fourth-order valence-corrected chi connectivity index (χ4v) is 8.23. The molecular weight excluding hydrogens is 525 g/mol. The Kier molecular flexibility index (Phi) is 9.37. The Bertz CT molecular complexity index is 1210. The summed E-state index contributed by atoms with van der Waals surface area (Å²) in [6.45, 7) is 32.7. The SMILES string of the molecule is CN(C)C(CP(O)(O)(O)c1ccc(C(C)(C)C)cc1C(C)(C)C)c1c(C(C)(C)C)cc(C(C)(C)C)cc1C(C)(C)C. The predicted octanol–water partition coefficient (Wildman–Crippen LogP) is 8.38. The molecule has 5 heteroatoms. The van der Waals surface area contributed by atoms with E-state index < -0.39 is 18.7 Å². The van der Waals surface area contributed by atoms with Gasteiger partial charge < -0.3 is 0 Å². The Morgan fingerprint density at radius 1 is 0.561 bits per heavy atom. The fraction of sp³-hybridized carbons (Fsp3) is 0.667. The molecule has 0 aliphatic carbocycles. The molecule has 0 aliphatic heterocycles. The Labute approximate surface area is 252 Å². The molecule has 0 heterocycles. The van der Waals surface area contributed by atoms with Crippen LogP contribution in [0.5, 0.6) is 0 Å². The third-order valence-electron chi connectivity index (χ3n) is 8.29. The molecular formula is C36H62NO3P. The normalized spacial score (nSPS) is 16.1. The summed E-state index contributed by atoms with van der Waals surface area (Å²) in [6, 6.07) is 9.95. The molecule has 0 amide bonds. The van der Waals surface area contributed by atoms with Crippen LogP contribution in [-0.4, -0.2) is 39.8 Å². The topological polar surface area (TPSA) is 63.9 Å². The monoisotopic (exact) mass is 587 g/mol. The Hall–Kier alpha value is -1.29. The molecule has 0 radical (unpaired) electrons. The molecule has 1 atom stereocenters. The van der Waals surface area contributed by atoms with Gasteiger partial charge in [0, 0.05) is 0 Å². The van der Waals surface area contributed by atoms with Gasteiger partial charge in [-0.15, -0.1) is 0 Å². The van der Waals surface area contributed by atoms with E-state index in [2.05, 4.69) is 122 Å². The summed E-state index contributed by atoms with van der Waals surface area (Å²) >= 11 is 0. The number of hydrogen-bond donors (Lipinski definition) is 3. The fourth-order valence-electron chi connectivity index (χ4n) is 5.62. The summed E-state index contributed by atoms with van der Waals surface area (Å²) in [5.74, 6) is 0. The molecule has 0 aliphatic rings. The average Bonchev–Trinajstić information content (AvgIpc) is 2.72. The van der Waals surface area contributed by atoms with Gasteiger partial charge in [0.25, 0.3) is 0 Å². The summed E-state index contributed by atoms with van der Waals surface area (Å²) in [7, 11) is -1.44. The first-order valence-corrected chi connectivity index (χ1v) is 17.4. The van der Waals surface area contributed by atoms with Crippen molar-refractivity contribution in [3.63, 3.8) is 0 Å². The Morgan fingerprint density at radius 3 is 1.24 bits per heavy atom. The van der Waals surface area contributed by atoms with Gasteiger partial charge in [-0.2, -0.15) is 0 Å². The van der Waals surface area contributed by atoms with Crippen molar-refractivity contribution in [1.29, 1.82) is 0 Å². The zero-order valence-corrected chi connectivity index (χ0v) is 30.3. The van der Waals surface area contributed by atoms with Crippen LogP contribution >= 0.6 is 7.28 Å². The van der Waals surface area contributed by atoms with Gasteiger partial charge in [0.2, 0.25) is 0 Å². The van der Waals surface area contributed by atoms with Crippen molar-refractivity contribution in [3.05, 3.63) is 63.7 Å². The van der Waals surface area contributed by atoms with Crippen LogP contribution in [0.4, 0.5) is 0 Å². The van der Waals surface area contributed by atoms with Crippen LogP contribution in [0.25, 0.3) is 0 Å². The van der Waals surface area contributed by atoms with E-state index in [1.165, 1.54) is 16.7 Å². The van der Waals surface area contributed by atoms with Gasteiger partial charge in [0.15, 0.2) is 0 Å². The third-order valence-corrected chi connectivity index (χ3v) is 10.7. The van der Waals surface area contributed by atoms with Crippen LogP contribution < -0.4 is 5.30 Å². The molecule has 0 saturated carbocycles.